The predicted molar refractivity (Wildman–Crippen MR) is 157 cm³/mol. The molecule has 6 heteroatoms. The van der Waals surface area contributed by atoms with Crippen molar-refractivity contribution in [1.82, 2.24) is 15.3 Å². The molecule has 1 aliphatic carbocycles. The number of nitrogens with one attached hydrogen (secondary N) is 2. The number of aromatic nitrogens is 2. The van der Waals surface area contributed by atoms with Gasteiger partial charge in [0.05, 0.1) is 5.52 Å². The SMILES string of the molecule is CN(C)c1nc(NC2CCC(CNC(=O)c3ccc4cc5ccccc5cc4c3)CC2)nc2ccccc12. The molecule has 0 radical (unpaired) electrons. The molecule has 0 saturated heterocycles. The first kappa shape index (κ1) is 24.2. The zero-order valence-electron chi connectivity index (χ0n) is 21.9. The fraction of sp³-hybridized carbons (Fsp3) is 0.281. The maximum absolute atomic E-state index is 13.0. The number of hydrogen-bond donors (Lipinski definition) is 2. The van der Waals surface area contributed by atoms with E-state index in [1.165, 1.54) is 10.8 Å². The second-order valence-corrected chi connectivity index (χ2v) is 10.6. The third kappa shape index (κ3) is 4.99. The molecule has 0 unspecified atom stereocenters. The summed E-state index contributed by atoms with van der Waals surface area (Å²) in [5.41, 5.74) is 1.67. The maximum Gasteiger partial charge on any atom is 0.251 e. The Hall–Kier alpha value is -4.19. The van der Waals surface area contributed by atoms with E-state index in [9.17, 15) is 4.79 Å². The maximum atomic E-state index is 13.0. The summed E-state index contributed by atoms with van der Waals surface area (Å²) in [6, 6.07) is 27.1. The number of benzene rings is 4. The second-order valence-electron chi connectivity index (χ2n) is 10.6. The Morgan fingerprint density at radius 1 is 0.816 bits per heavy atom. The van der Waals surface area contributed by atoms with E-state index >= 15 is 0 Å². The molecule has 6 rings (SSSR count). The summed E-state index contributed by atoms with van der Waals surface area (Å²) in [6.07, 6.45) is 4.21. The first-order valence-corrected chi connectivity index (χ1v) is 13.4. The molecule has 0 aliphatic heterocycles. The standard InChI is InChI=1S/C32H33N5O/c1-37(2)30-28-9-5-6-10-29(28)35-32(36-30)34-27-15-11-21(12-16-27)20-33-31(38)25-14-13-24-17-22-7-3-4-8-23(22)18-26(24)19-25/h3-10,13-14,17-19,21,27H,11-12,15-16,20H2,1-2H3,(H,33,38)(H,34,35,36). The molecule has 0 atom stereocenters. The summed E-state index contributed by atoms with van der Waals surface area (Å²) >= 11 is 0. The van der Waals surface area contributed by atoms with Gasteiger partial charge in [0.25, 0.3) is 5.91 Å². The summed E-state index contributed by atoms with van der Waals surface area (Å²) in [5, 5.41) is 12.5. The van der Waals surface area contributed by atoms with Gasteiger partial charge in [-0.3, -0.25) is 4.79 Å². The van der Waals surface area contributed by atoms with E-state index in [0.717, 1.165) is 53.2 Å². The smallest absolute Gasteiger partial charge is 0.251 e. The van der Waals surface area contributed by atoms with E-state index in [4.69, 9.17) is 9.97 Å². The molecule has 5 aromatic rings. The van der Waals surface area contributed by atoms with E-state index in [1.807, 2.05) is 61.5 Å². The van der Waals surface area contributed by atoms with Gasteiger partial charge in [-0.05, 0) is 89.5 Å². The summed E-state index contributed by atoms with van der Waals surface area (Å²) in [6.45, 7) is 0.707. The zero-order valence-corrected chi connectivity index (χ0v) is 21.9. The van der Waals surface area contributed by atoms with Crippen LogP contribution in [-0.2, 0) is 0 Å². The first-order chi connectivity index (χ1) is 18.5. The molecular formula is C32H33N5O. The number of hydrogen-bond acceptors (Lipinski definition) is 5. The number of rotatable bonds is 6. The van der Waals surface area contributed by atoms with Crippen LogP contribution in [0, 0.1) is 5.92 Å². The van der Waals surface area contributed by atoms with E-state index in [2.05, 4.69) is 47.0 Å². The average Bonchev–Trinajstić information content (AvgIpc) is 2.94. The molecular weight excluding hydrogens is 470 g/mol. The Morgan fingerprint density at radius 3 is 2.26 bits per heavy atom. The van der Waals surface area contributed by atoms with E-state index < -0.39 is 0 Å². The minimum Gasteiger partial charge on any atom is -0.362 e. The van der Waals surface area contributed by atoms with Crippen molar-refractivity contribution in [3.8, 4) is 0 Å². The topological polar surface area (TPSA) is 70.2 Å². The molecule has 1 amide bonds. The third-order valence-corrected chi connectivity index (χ3v) is 7.70. The van der Waals surface area contributed by atoms with Crippen LogP contribution < -0.4 is 15.5 Å². The van der Waals surface area contributed by atoms with Crippen molar-refractivity contribution in [2.24, 2.45) is 5.92 Å². The van der Waals surface area contributed by atoms with Crippen LogP contribution in [0.25, 0.3) is 32.4 Å². The van der Waals surface area contributed by atoms with Crippen LogP contribution in [0.3, 0.4) is 0 Å². The number of fused-ring (bicyclic) bond motifs is 3. The first-order valence-electron chi connectivity index (χ1n) is 13.4. The van der Waals surface area contributed by atoms with Crippen molar-refractivity contribution in [2.75, 3.05) is 30.9 Å². The van der Waals surface area contributed by atoms with Crippen molar-refractivity contribution in [3.63, 3.8) is 0 Å². The summed E-state index contributed by atoms with van der Waals surface area (Å²) in [5.74, 6) is 2.10. The average molecular weight is 504 g/mol. The molecule has 192 valence electrons. The van der Waals surface area contributed by atoms with Gasteiger partial charge in [0.1, 0.15) is 5.82 Å². The molecule has 1 aliphatic rings. The summed E-state index contributed by atoms with van der Waals surface area (Å²) < 4.78 is 0. The van der Waals surface area contributed by atoms with Gasteiger partial charge in [0.15, 0.2) is 0 Å². The highest BCUT2D eigenvalue weighted by molar-refractivity contribution is 6.03. The van der Waals surface area contributed by atoms with Crippen LogP contribution in [0.1, 0.15) is 36.0 Å². The molecule has 38 heavy (non-hydrogen) atoms. The minimum absolute atomic E-state index is 0.00101. The van der Waals surface area contributed by atoms with Gasteiger partial charge < -0.3 is 15.5 Å². The van der Waals surface area contributed by atoms with Crippen LogP contribution in [0.2, 0.25) is 0 Å². The van der Waals surface area contributed by atoms with Crippen molar-refractivity contribution < 1.29 is 4.79 Å². The van der Waals surface area contributed by atoms with E-state index in [0.29, 0.717) is 30.0 Å². The Bertz CT molecular complexity index is 1620. The van der Waals surface area contributed by atoms with Crippen LogP contribution in [-0.4, -0.2) is 42.6 Å². The lowest BCUT2D eigenvalue weighted by atomic mass is 9.86. The molecule has 6 nitrogen and oxygen atoms in total. The molecule has 2 N–H and O–H groups in total. The minimum atomic E-state index is 0.00101. The second kappa shape index (κ2) is 10.3. The van der Waals surface area contributed by atoms with Gasteiger partial charge >= 0.3 is 0 Å². The highest BCUT2D eigenvalue weighted by atomic mass is 16.1. The predicted octanol–water partition coefficient (Wildman–Crippen LogP) is 6.40. The lowest BCUT2D eigenvalue weighted by Crippen LogP contribution is -2.34. The number of carbonyl (C=O) groups is 1. The van der Waals surface area contributed by atoms with Gasteiger partial charge in [0.2, 0.25) is 5.95 Å². The van der Waals surface area contributed by atoms with Crippen LogP contribution in [0.15, 0.2) is 78.9 Å². The van der Waals surface area contributed by atoms with Crippen molar-refractivity contribution in [2.45, 2.75) is 31.7 Å². The quantitative estimate of drug-likeness (QED) is 0.262. The fourth-order valence-electron chi connectivity index (χ4n) is 5.58. The molecule has 1 fully saturated rings. The molecule has 4 aromatic carbocycles. The molecule has 1 saturated carbocycles. The molecule has 0 spiro atoms. The van der Waals surface area contributed by atoms with E-state index in [-0.39, 0.29) is 5.91 Å². The number of carbonyl (C=O) groups excluding carboxylic acids is 1. The van der Waals surface area contributed by atoms with Crippen molar-refractivity contribution in [3.05, 3.63) is 84.4 Å². The lowest BCUT2D eigenvalue weighted by Gasteiger charge is -2.29. The number of anilines is 2. The van der Waals surface area contributed by atoms with Crippen LogP contribution >= 0.6 is 0 Å². The Balaban J connectivity index is 1.05. The van der Waals surface area contributed by atoms with Crippen molar-refractivity contribution in [1.29, 1.82) is 0 Å². The Labute approximate surface area is 223 Å². The Kier molecular flexibility index (Phi) is 6.54. The van der Waals surface area contributed by atoms with Crippen LogP contribution in [0.5, 0.6) is 0 Å². The summed E-state index contributed by atoms with van der Waals surface area (Å²) in [7, 11) is 4.02. The normalized spacial score (nSPS) is 17.5. The molecule has 1 aromatic heterocycles. The number of para-hydroxylation sites is 1. The van der Waals surface area contributed by atoms with Crippen molar-refractivity contribution >= 4 is 50.1 Å². The monoisotopic (exact) mass is 503 g/mol. The number of nitrogens with zero attached hydrogens (tertiary/aromatic N) is 3. The van der Waals surface area contributed by atoms with Gasteiger partial charge in [-0.15, -0.1) is 0 Å². The van der Waals surface area contributed by atoms with Gasteiger partial charge in [0, 0.05) is 37.6 Å². The number of amides is 1. The zero-order chi connectivity index (χ0) is 26.1. The largest absolute Gasteiger partial charge is 0.362 e. The van der Waals surface area contributed by atoms with Gasteiger partial charge in [-0.2, -0.15) is 4.98 Å². The van der Waals surface area contributed by atoms with Gasteiger partial charge in [-0.1, -0.05) is 42.5 Å². The highest BCUT2D eigenvalue weighted by Gasteiger charge is 2.23. The van der Waals surface area contributed by atoms with E-state index in [1.54, 1.807) is 0 Å². The highest BCUT2D eigenvalue weighted by Crippen LogP contribution is 2.29. The molecule has 0 bridgehead atoms. The summed E-state index contributed by atoms with van der Waals surface area (Å²) in [4.78, 5) is 24.5. The third-order valence-electron chi connectivity index (χ3n) is 7.70. The fourth-order valence-corrected chi connectivity index (χ4v) is 5.58. The van der Waals surface area contributed by atoms with Crippen LogP contribution in [0.4, 0.5) is 11.8 Å². The van der Waals surface area contributed by atoms with Gasteiger partial charge in [-0.25, -0.2) is 4.98 Å². The lowest BCUT2D eigenvalue weighted by molar-refractivity contribution is 0.0943. The Morgan fingerprint density at radius 2 is 1.50 bits per heavy atom. The molecule has 1 heterocycles.